The number of aromatic nitrogens is 2. The number of rotatable bonds is 2. The van der Waals surface area contributed by atoms with Gasteiger partial charge < -0.3 is 5.32 Å². The number of anilines is 1. The van der Waals surface area contributed by atoms with Crippen LogP contribution in [0.2, 0.25) is 0 Å². The third-order valence-electron chi connectivity index (χ3n) is 2.38. The molecule has 0 bridgehead atoms. The van der Waals surface area contributed by atoms with Crippen molar-refractivity contribution in [1.82, 2.24) is 9.97 Å². The van der Waals surface area contributed by atoms with Crippen LogP contribution in [0.15, 0.2) is 36.7 Å². The SMILES string of the molecule is CNc1cc(C(F)(F)F)cc(-c2ccncc2)n1. The van der Waals surface area contributed by atoms with Crippen LogP contribution in [0.5, 0.6) is 0 Å². The fraction of sp³-hybridized carbons (Fsp3) is 0.167. The summed E-state index contributed by atoms with van der Waals surface area (Å²) in [5.74, 6) is 0.177. The molecule has 2 aromatic rings. The molecule has 0 aliphatic heterocycles. The molecule has 2 aromatic heterocycles. The van der Waals surface area contributed by atoms with Crippen LogP contribution < -0.4 is 5.32 Å². The number of pyridine rings is 2. The zero-order chi connectivity index (χ0) is 13.2. The van der Waals surface area contributed by atoms with Crippen LogP contribution in [0.4, 0.5) is 19.0 Å². The first-order chi connectivity index (χ1) is 8.50. The van der Waals surface area contributed by atoms with Gasteiger partial charge in [0, 0.05) is 25.0 Å². The summed E-state index contributed by atoms with van der Waals surface area (Å²) in [7, 11) is 1.53. The van der Waals surface area contributed by atoms with Crippen molar-refractivity contribution < 1.29 is 13.2 Å². The maximum Gasteiger partial charge on any atom is 0.416 e. The van der Waals surface area contributed by atoms with Crippen molar-refractivity contribution in [3.63, 3.8) is 0 Å². The summed E-state index contributed by atoms with van der Waals surface area (Å²) in [5.41, 5.74) is 0.123. The van der Waals surface area contributed by atoms with Crippen molar-refractivity contribution >= 4 is 5.82 Å². The zero-order valence-corrected chi connectivity index (χ0v) is 9.49. The highest BCUT2D eigenvalue weighted by Gasteiger charge is 2.31. The minimum Gasteiger partial charge on any atom is -0.373 e. The third kappa shape index (κ3) is 2.58. The number of halogens is 3. The standard InChI is InChI=1S/C12H10F3N3/c1-16-11-7-9(12(13,14)15)6-10(18-11)8-2-4-17-5-3-8/h2-7H,1H3,(H,16,18). The third-order valence-corrected chi connectivity index (χ3v) is 2.38. The number of nitrogens with one attached hydrogen (secondary N) is 1. The Balaban J connectivity index is 2.55. The van der Waals surface area contributed by atoms with E-state index in [1.807, 2.05) is 0 Å². The van der Waals surface area contributed by atoms with Gasteiger partial charge in [-0.3, -0.25) is 4.98 Å². The second-order valence-electron chi connectivity index (χ2n) is 3.61. The normalized spacial score (nSPS) is 11.3. The monoisotopic (exact) mass is 253 g/mol. The van der Waals surface area contributed by atoms with E-state index >= 15 is 0 Å². The van der Waals surface area contributed by atoms with E-state index < -0.39 is 11.7 Å². The van der Waals surface area contributed by atoms with Crippen LogP contribution in [0.1, 0.15) is 5.56 Å². The quantitative estimate of drug-likeness (QED) is 0.893. The lowest BCUT2D eigenvalue weighted by Gasteiger charge is -2.11. The maximum absolute atomic E-state index is 12.7. The lowest BCUT2D eigenvalue weighted by atomic mass is 10.1. The number of hydrogen-bond acceptors (Lipinski definition) is 3. The number of alkyl halides is 3. The lowest BCUT2D eigenvalue weighted by molar-refractivity contribution is -0.137. The van der Waals surface area contributed by atoms with E-state index in [0.717, 1.165) is 12.1 Å². The maximum atomic E-state index is 12.7. The Hall–Kier alpha value is -2.11. The van der Waals surface area contributed by atoms with Gasteiger partial charge in [0.15, 0.2) is 0 Å². The zero-order valence-electron chi connectivity index (χ0n) is 9.49. The van der Waals surface area contributed by atoms with E-state index in [-0.39, 0.29) is 11.5 Å². The van der Waals surface area contributed by atoms with Crippen molar-refractivity contribution in [3.05, 3.63) is 42.2 Å². The minimum absolute atomic E-state index is 0.177. The van der Waals surface area contributed by atoms with E-state index in [1.54, 1.807) is 12.1 Å². The van der Waals surface area contributed by atoms with Gasteiger partial charge in [-0.2, -0.15) is 13.2 Å². The molecule has 18 heavy (non-hydrogen) atoms. The fourth-order valence-corrected chi connectivity index (χ4v) is 1.49. The molecule has 0 spiro atoms. The van der Waals surface area contributed by atoms with Crippen LogP contribution in [0.25, 0.3) is 11.3 Å². The van der Waals surface area contributed by atoms with E-state index in [2.05, 4.69) is 15.3 Å². The molecule has 3 nitrogen and oxygen atoms in total. The second kappa shape index (κ2) is 4.64. The molecule has 2 heterocycles. The summed E-state index contributed by atoms with van der Waals surface area (Å²) >= 11 is 0. The van der Waals surface area contributed by atoms with Crippen LogP contribution in [-0.2, 0) is 6.18 Å². The Morgan fingerprint density at radius 2 is 1.78 bits per heavy atom. The van der Waals surface area contributed by atoms with Gasteiger partial charge in [0.2, 0.25) is 0 Å². The topological polar surface area (TPSA) is 37.8 Å². The molecule has 0 saturated carbocycles. The molecular weight excluding hydrogens is 243 g/mol. The van der Waals surface area contributed by atoms with Gasteiger partial charge in [-0.1, -0.05) is 0 Å². The highest BCUT2D eigenvalue weighted by atomic mass is 19.4. The first-order valence-electron chi connectivity index (χ1n) is 5.18. The highest BCUT2D eigenvalue weighted by Crippen LogP contribution is 2.33. The molecule has 0 amide bonds. The molecule has 1 N–H and O–H groups in total. The smallest absolute Gasteiger partial charge is 0.373 e. The highest BCUT2D eigenvalue weighted by molar-refractivity contribution is 5.62. The predicted molar refractivity (Wildman–Crippen MR) is 62.0 cm³/mol. The fourth-order valence-electron chi connectivity index (χ4n) is 1.49. The van der Waals surface area contributed by atoms with Gasteiger partial charge in [0.25, 0.3) is 0 Å². The van der Waals surface area contributed by atoms with E-state index in [4.69, 9.17) is 0 Å². The van der Waals surface area contributed by atoms with Gasteiger partial charge in [-0.25, -0.2) is 4.98 Å². The Labute approximate surface area is 102 Å². The summed E-state index contributed by atoms with van der Waals surface area (Å²) in [6.45, 7) is 0. The van der Waals surface area contributed by atoms with Crippen molar-refractivity contribution in [2.24, 2.45) is 0 Å². The van der Waals surface area contributed by atoms with Crippen molar-refractivity contribution in [3.8, 4) is 11.3 Å². The molecule has 94 valence electrons. The Kier molecular flexibility index (Phi) is 3.18. The molecule has 0 unspecified atom stereocenters. The molecule has 0 aliphatic carbocycles. The van der Waals surface area contributed by atoms with Gasteiger partial charge in [0.1, 0.15) is 5.82 Å². The average Bonchev–Trinajstić information content (AvgIpc) is 2.38. The number of nitrogens with zero attached hydrogens (tertiary/aromatic N) is 2. The predicted octanol–water partition coefficient (Wildman–Crippen LogP) is 3.20. The molecule has 0 aliphatic rings. The Bertz CT molecular complexity index is 538. The van der Waals surface area contributed by atoms with Crippen LogP contribution >= 0.6 is 0 Å². The lowest BCUT2D eigenvalue weighted by Crippen LogP contribution is -2.07. The van der Waals surface area contributed by atoms with Gasteiger partial charge in [0.05, 0.1) is 11.3 Å². The molecule has 0 radical (unpaired) electrons. The molecule has 0 aromatic carbocycles. The van der Waals surface area contributed by atoms with Gasteiger partial charge in [-0.15, -0.1) is 0 Å². The van der Waals surface area contributed by atoms with Crippen LogP contribution in [0, 0.1) is 0 Å². The Morgan fingerprint density at radius 1 is 1.11 bits per heavy atom. The summed E-state index contributed by atoms with van der Waals surface area (Å²) in [5, 5.41) is 2.62. The van der Waals surface area contributed by atoms with E-state index in [9.17, 15) is 13.2 Å². The van der Waals surface area contributed by atoms with Crippen LogP contribution in [-0.4, -0.2) is 17.0 Å². The van der Waals surface area contributed by atoms with E-state index in [1.165, 1.54) is 19.4 Å². The van der Waals surface area contributed by atoms with Crippen molar-refractivity contribution in [1.29, 1.82) is 0 Å². The van der Waals surface area contributed by atoms with Gasteiger partial charge >= 0.3 is 6.18 Å². The number of hydrogen-bond donors (Lipinski definition) is 1. The largest absolute Gasteiger partial charge is 0.416 e. The molecular formula is C12H10F3N3. The van der Waals surface area contributed by atoms with E-state index in [0.29, 0.717) is 5.56 Å². The molecule has 0 saturated heterocycles. The first-order valence-corrected chi connectivity index (χ1v) is 5.18. The summed E-state index contributed by atoms with van der Waals surface area (Å²) < 4.78 is 38.2. The van der Waals surface area contributed by atoms with Crippen molar-refractivity contribution in [2.45, 2.75) is 6.18 Å². The first kappa shape index (κ1) is 12.3. The molecule has 0 fully saturated rings. The molecule has 2 rings (SSSR count). The minimum atomic E-state index is -4.39. The Morgan fingerprint density at radius 3 is 2.33 bits per heavy atom. The summed E-state index contributed by atoms with van der Waals surface area (Å²) in [6.07, 6.45) is -1.37. The summed E-state index contributed by atoms with van der Waals surface area (Å²) in [6, 6.07) is 5.23. The second-order valence-corrected chi connectivity index (χ2v) is 3.61. The van der Waals surface area contributed by atoms with Crippen LogP contribution in [0.3, 0.4) is 0 Å². The molecule has 6 heteroatoms. The average molecular weight is 253 g/mol. The van der Waals surface area contributed by atoms with Gasteiger partial charge in [-0.05, 0) is 24.3 Å². The van der Waals surface area contributed by atoms with Crippen molar-refractivity contribution in [2.75, 3.05) is 12.4 Å². The molecule has 0 atom stereocenters. The summed E-state index contributed by atoms with van der Waals surface area (Å²) in [4.78, 5) is 7.92.